The van der Waals surface area contributed by atoms with Gasteiger partial charge in [-0.05, 0) is 18.3 Å². The number of hydrogen-bond donors (Lipinski definition) is 6. The minimum absolute atomic E-state index is 0.0799. The number of aliphatic hydroxyl groups excluding tert-OH is 1. The topological polar surface area (TPSA) is 163 Å². The van der Waals surface area contributed by atoms with Gasteiger partial charge in [-0.3, -0.25) is 15.0 Å². The smallest absolute Gasteiger partial charge is 0.309 e. The van der Waals surface area contributed by atoms with Crippen LogP contribution in [0.3, 0.4) is 0 Å². The van der Waals surface area contributed by atoms with Crippen LogP contribution in [0, 0.1) is 29.1 Å². The third-order valence-corrected chi connectivity index (χ3v) is 5.02. The maximum atomic E-state index is 11.5. The molecule has 0 aliphatic heterocycles. The molecule has 1 amide bonds. The van der Waals surface area contributed by atoms with E-state index in [1.165, 1.54) is 0 Å². The first-order valence-electron chi connectivity index (χ1n) is 8.02. The van der Waals surface area contributed by atoms with Crippen LogP contribution < -0.4 is 16.8 Å². The Morgan fingerprint density at radius 3 is 2.26 bits per heavy atom. The van der Waals surface area contributed by atoms with Gasteiger partial charge in [-0.1, -0.05) is 26.7 Å². The quantitative estimate of drug-likeness (QED) is 0.268. The number of nitrogens with two attached hydrogens (primary N) is 2. The van der Waals surface area contributed by atoms with E-state index in [0.29, 0.717) is 0 Å². The fourth-order valence-electron chi connectivity index (χ4n) is 3.97. The van der Waals surface area contributed by atoms with E-state index in [9.17, 15) is 19.8 Å². The van der Waals surface area contributed by atoms with Crippen molar-refractivity contribution in [2.24, 2.45) is 35.1 Å². The fraction of sp³-hybridized carbons (Fsp3) is 0.800. The monoisotopic (exact) mass is 328 g/mol. The Balaban J connectivity index is 3.17. The highest BCUT2D eigenvalue weighted by molar-refractivity contribution is 5.76. The van der Waals surface area contributed by atoms with Crippen LogP contribution in [-0.2, 0) is 9.59 Å². The average Bonchev–Trinajstić information content (AvgIpc) is 2.74. The van der Waals surface area contributed by atoms with E-state index in [0.717, 1.165) is 12.8 Å². The summed E-state index contributed by atoms with van der Waals surface area (Å²) in [6.45, 7) is 3.98. The zero-order valence-electron chi connectivity index (χ0n) is 13.7. The summed E-state index contributed by atoms with van der Waals surface area (Å²) < 4.78 is 0. The van der Waals surface area contributed by atoms with Gasteiger partial charge in [0.25, 0.3) is 0 Å². The summed E-state index contributed by atoms with van der Waals surface area (Å²) >= 11 is 0. The Bertz CT molecular complexity index is 453. The van der Waals surface area contributed by atoms with E-state index in [-0.39, 0.29) is 30.6 Å². The van der Waals surface area contributed by atoms with Crippen molar-refractivity contribution in [2.45, 2.75) is 51.7 Å². The van der Waals surface area contributed by atoms with E-state index in [1.54, 1.807) is 0 Å². The molecular formula is C15H28N4O4. The van der Waals surface area contributed by atoms with Gasteiger partial charge in [-0.15, -0.1) is 0 Å². The van der Waals surface area contributed by atoms with Gasteiger partial charge in [-0.2, -0.15) is 0 Å². The van der Waals surface area contributed by atoms with E-state index >= 15 is 0 Å². The molecule has 8 heteroatoms. The molecule has 1 aliphatic carbocycles. The summed E-state index contributed by atoms with van der Waals surface area (Å²) in [5.74, 6) is -3.39. The van der Waals surface area contributed by atoms with Crippen LogP contribution in [0.4, 0.5) is 0 Å². The largest absolute Gasteiger partial charge is 0.481 e. The van der Waals surface area contributed by atoms with Crippen LogP contribution >= 0.6 is 0 Å². The fourth-order valence-corrected chi connectivity index (χ4v) is 3.97. The molecule has 1 saturated carbocycles. The molecule has 8 N–H and O–H groups in total. The molecule has 0 unspecified atom stereocenters. The number of aliphatic hydroxyl groups is 1. The molecule has 1 aliphatic rings. The molecule has 0 aromatic rings. The Kier molecular flexibility index (Phi) is 6.80. The number of amides is 1. The van der Waals surface area contributed by atoms with Gasteiger partial charge in [0.1, 0.15) is 0 Å². The predicted molar refractivity (Wildman–Crippen MR) is 85.5 cm³/mol. The molecule has 0 heterocycles. The third-order valence-electron chi connectivity index (χ3n) is 5.02. The Morgan fingerprint density at radius 1 is 1.30 bits per heavy atom. The number of aliphatic carboxylic acids is 1. The molecular weight excluding hydrogens is 300 g/mol. The number of primary amides is 1. The van der Waals surface area contributed by atoms with Crippen molar-refractivity contribution in [1.82, 2.24) is 5.32 Å². The van der Waals surface area contributed by atoms with Crippen LogP contribution in [0.15, 0.2) is 0 Å². The Hall–Kier alpha value is -1.83. The lowest BCUT2D eigenvalue weighted by atomic mass is 9.73. The molecule has 0 spiro atoms. The van der Waals surface area contributed by atoms with E-state index in [2.05, 4.69) is 5.32 Å². The summed E-state index contributed by atoms with van der Waals surface area (Å²) in [7, 11) is 0. The summed E-state index contributed by atoms with van der Waals surface area (Å²) in [5, 5.41) is 30.0. The lowest BCUT2D eigenvalue weighted by molar-refractivity contribution is -0.145. The molecule has 5 atom stereocenters. The minimum atomic E-state index is -1.10. The van der Waals surface area contributed by atoms with Crippen molar-refractivity contribution in [1.29, 1.82) is 5.41 Å². The second-order valence-corrected chi connectivity index (χ2v) is 6.32. The highest BCUT2D eigenvalue weighted by atomic mass is 16.4. The Labute approximate surface area is 136 Å². The molecule has 0 bridgehead atoms. The summed E-state index contributed by atoms with van der Waals surface area (Å²) in [6.07, 6.45) is 0.728. The molecule has 23 heavy (non-hydrogen) atoms. The maximum Gasteiger partial charge on any atom is 0.309 e. The number of nitrogens with one attached hydrogen (secondary N) is 2. The van der Waals surface area contributed by atoms with Gasteiger partial charge < -0.3 is 27.0 Å². The summed E-state index contributed by atoms with van der Waals surface area (Å²) in [5.41, 5.74) is 10.8. The van der Waals surface area contributed by atoms with Gasteiger partial charge in [-0.25, -0.2) is 0 Å². The van der Waals surface area contributed by atoms with Crippen LogP contribution in [0.2, 0.25) is 0 Å². The lowest BCUT2D eigenvalue weighted by Gasteiger charge is -2.35. The lowest BCUT2D eigenvalue weighted by Crippen LogP contribution is -2.47. The van der Waals surface area contributed by atoms with Crippen molar-refractivity contribution < 1.29 is 19.8 Å². The van der Waals surface area contributed by atoms with Crippen LogP contribution in [0.25, 0.3) is 0 Å². The number of rotatable bonds is 8. The predicted octanol–water partition coefficient (Wildman–Crippen LogP) is -0.153. The first-order chi connectivity index (χ1) is 10.7. The zero-order chi connectivity index (χ0) is 17.7. The molecule has 0 aromatic heterocycles. The maximum absolute atomic E-state index is 11.5. The van der Waals surface area contributed by atoms with Crippen LogP contribution in [0.5, 0.6) is 0 Å². The molecule has 0 aromatic carbocycles. The highest BCUT2D eigenvalue weighted by Crippen LogP contribution is 2.42. The zero-order valence-corrected chi connectivity index (χ0v) is 13.7. The van der Waals surface area contributed by atoms with Gasteiger partial charge in [0.2, 0.25) is 5.91 Å². The van der Waals surface area contributed by atoms with Crippen molar-refractivity contribution in [3.63, 3.8) is 0 Å². The normalized spacial score (nSPS) is 28.5. The van der Waals surface area contributed by atoms with Crippen molar-refractivity contribution in [3.8, 4) is 0 Å². The van der Waals surface area contributed by atoms with E-state index in [1.807, 2.05) is 13.8 Å². The van der Waals surface area contributed by atoms with Gasteiger partial charge in [0, 0.05) is 18.4 Å². The van der Waals surface area contributed by atoms with Crippen LogP contribution in [-0.4, -0.2) is 40.2 Å². The average molecular weight is 328 g/mol. The van der Waals surface area contributed by atoms with Gasteiger partial charge >= 0.3 is 5.97 Å². The molecule has 1 fully saturated rings. The third kappa shape index (κ3) is 4.57. The van der Waals surface area contributed by atoms with Crippen molar-refractivity contribution >= 4 is 17.8 Å². The Morgan fingerprint density at radius 2 is 1.87 bits per heavy atom. The molecule has 1 rings (SSSR count). The van der Waals surface area contributed by atoms with Crippen LogP contribution in [0.1, 0.15) is 39.5 Å². The SMILES string of the molecule is CCC(CC)[C@H](CC(N)=O)[C@H]1[C@H](O)[C@@H](C(=O)O)C[C@H]1NC(=N)N. The highest BCUT2D eigenvalue weighted by Gasteiger charge is 2.50. The second kappa shape index (κ2) is 8.14. The number of carboxylic acid groups (broad SMARTS) is 1. The van der Waals surface area contributed by atoms with E-state index in [4.69, 9.17) is 16.9 Å². The number of guanidine groups is 1. The molecule has 132 valence electrons. The number of carbonyl (C=O) groups excluding carboxylic acids is 1. The molecule has 0 saturated heterocycles. The summed E-state index contributed by atoms with van der Waals surface area (Å²) in [6, 6.07) is -0.464. The van der Waals surface area contributed by atoms with E-state index < -0.39 is 35.9 Å². The number of carbonyl (C=O) groups is 2. The molecule has 8 nitrogen and oxygen atoms in total. The number of hydrogen-bond acceptors (Lipinski definition) is 4. The summed E-state index contributed by atoms with van der Waals surface area (Å²) in [4.78, 5) is 22.9. The van der Waals surface area contributed by atoms with Crippen molar-refractivity contribution in [3.05, 3.63) is 0 Å². The van der Waals surface area contributed by atoms with Crippen molar-refractivity contribution in [2.75, 3.05) is 0 Å². The first kappa shape index (κ1) is 19.2. The first-order valence-corrected chi connectivity index (χ1v) is 8.02. The standard InChI is InChI=1S/C15H28N4O4/c1-3-7(4-2)8(6-11(16)20)12-10(19-15(17)18)5-9(13(12)21)14(22)23/h7-10,12-13,21H,3-6H2,1-2H3,(H2,16,20)(H,22,23)(H4,17,18,19)/t8-,9-,10+,12+,13+/m0/s1. The number of carboxylic acids is 1. The minimum Gasteiger partial charge on any atom is -0.481 e. The second-order valence-electron chi connectivity index (χ2n) is 6.32. The van der Waals surface area contributed by atoms with Gasteiger partial charge in [0.15, 0.2) is 5.96 Å². The van der Waals surface area contributed by atoms with Gasteiger partial charge in [0.05, 0.1) is 12.0 Å². The molecule has 0 radical (unpaired) electrons.